The standard InChI is InChI=1S/C21H27N3O/c1-2-16-9-11-19(12-10-16)24-21(25)17-13-20(15-22-14-17)23-18-7-5-3-4-6-8-18/h9-15,18,23H,2-8H2,1H3,(H,24,25). The Hall–Kier alpha value is -2.36. The molecule has 0 aliphatic heterocycles. The van der Waals surface area contributed by atoms with Crippen molar-refractivity contribution in [2.45, 2.75) is 57.9 Å². The maximum Gasteiger partial charge on any atom is 0.257 e. The van der Waals surface area contributed by atoms with Crippen molar-refractivity contribution in [1.29, 1.82) is 0 Å². The van der Waals surface area contributed by atoms with Gasteiger partial charge in [-0.2, -0.15) is 0 Å². The van der Waals surface area contributed by atoms with E-state index in [0.29, 0.717) is 11.6 Å². The van der Waals surface area contributed by atoms with Crippen LogP contribution in [0.3, 0.4) is 0 Å². The summed E-state index contributed by atoms with van der Waals surface area (Å²) in [5.41, 5.74) is 3.58. The van der Waals surface area contributed by atoms with Gasteiger partial charge in [0.15, 0.2) is 0 Å². The Morgan fingerprint density at radius 3 is 2.44 bits per heavy atom. The first kappa shape index (κ1) is 17.5. The zero-order chi connectivity index (χ0) is 17.5. The van der Waals surface area contributed by atoms with E-state index in [1.54, 1.807) is 12.4 Å². The second-order valence-electron chi connectivity index (χ2n) is 6.80. The minimum atomic E-state index is -0.124. The number of rotatable bonds is 5. The number of benzene rings is 1. The van der Waals surface area contributed by atoms with Crippen molar-refractivity contribution in [3.8, 4) is 0 Å². The summed E-state index contributed by atoms with van der Waals surface area (Å²) in [4.78, 5) is 16.7. The fourth-order valence-corrected chi connectivity index (χ4v) is 3.33. The number of aromatic nitrogens is 1. The minimum absolute atomic E-state index is 0.124. The molecule has 2 aromatic rings. The Morgan fingerprint density at radius 1 is 1.04 bits per heavy atom. The van der Waals surface area contributed by atoms with Crippen LogP contribution in [0.2, 0.25) is 0 Å². The average molecular weight is 337 g/mol. The van der Waals surface area contributed by atoms with Crippen LogP contribution < -0.4 is 10.6 Å². The maximum atomic E-state index is 12.5. The lowest BCUT2D eigenvalue weighted by Gasteiger charge is -2.17. The second-order valence-corrected chi connectivity index (χ2v) is 6.80. The Kier molecular flexibility index (Phi) is 6.04. The van der Waals surface area contributed by atoms with Crippen molar-refractivity contribution >= 4 is 17.3 Å². The van der Waals surface area contributed by atoms with Crippen molar-refractivity contribution < 1.29 is 4.79 Å². The van der Waals surface area contributed by atoms with E-state index in [4.69, 9.17) is 0 Å². The van der Waals surface area contributed by atoms with Crippen LogP contribution in [0, 0.1) is 0 Å². The van der Waals surface area contributed by atoms with Crippen LogP contribution in [0.25, 0.3) is 0 Å². The van der Waals surface area contributed by atoms with E-state index >= 15 is 0 Å². The normalized spacial score (nSPS) is 15.4. The van der Waals surface area contributed by atoms with Crippen molar-refractivity contribution in [2.24, 2.45) is 0 Å². The highest BCUT2D eigenvalue weighted by Crippen LogP contribution is 2.21. The van der Waals surface area contributed by atoms with E-state index in [2.05, 4.69) is 22.5 Å². The summed E-state index contributed by atoms with van der Waals surface area (Å²) in [6, 6.07) is 10.4. The van der Waals surface area contributed by atoms with Crippen LogP contribution in [-0.4, -0.2) is 16.9 Å². The number of anilines is 2. The third-order valence-electron chi connectivity index (χ3n) is 4.85. The summed E-state index contributed by atoms with van der Waals surface area (Å²) in [7, 11) is 0. The Bertz CT molecular complexity index is 689. The summed E-state index contributed by atoms with van der Waals surface area (Å²) in [5, 5.41) is 6.50. The third kappa shape index (κ3) is 5.05. The number of hydrogen-bond donors (Lipinski definition) is 2. The molecule has 0 atom stereocenters. The molecular weight excluding hydrogens is 310 g/mol. The van der Waals surface area contributed by atoms with Gasteiger partial charge in [0.2, 0.25) is 0 Å². The van der Waals surface area contributed by atoms with Crippen LogP contribution in [0.4, 0.5) is 11.4 Å². The lowest BCUT2D eigenvalue weighted by atomic mass is 10.1. The van der Waals surface area contributed by atoms with Crippen LogP contribution in [0.1, 0.15) is 61.4 Å². The summed E-state index contributed by atoms with van der Waals surface area (Å²) in [6.07, 6.45) is 12.0. The van der Waals surface area contributed by atoms with Gasteiger partial charge in [-0.05, 0) is 43.0 Å². The number of carbonyl (C=O) groups is 1. The Morgan fingerprint density at radius 2 is 1.76 bits per heavy atom. The number of carbonyl (C=O) groups excluding carboxylic acids is 1. The molecule has 0 radical (unpaired) electrons. The van der Waals surface area contributed by atoms with E-state index < -0.39 is 0 Å². The van der Waals surface area contributed by atoms with Gasteiger partial charge in [0, 0.05) is 24.1 Å². The van der Waals surface area contributed by atoms with Gasteiger partial charge in [-0.25, -0.2) is 0 Å². The lowest BCUT2D eigenvalue weighted by Crippen LogP contribution is -2.19. The predicted molar refractivity (Wildman–Crippen MR) is 103 cm³/mol. The highest BCUT2D eigenvalue weighted by atomic mass is 16.1. The number of nitrogens with zero attached hydrogens (tertiary/aromatic N) is 1. The van der Waals surface area contributed by atoms with Gasteiger partial charge in [0.25, 0.3) is 5.91 Å². The van der Waals surface area contributed by atoms with Gasteiger partial charge in [0.05, 0.1) is 11.3 Å². The number of amides is 1. The van der Waals surface area contributed by atoms with Crippen LogP contribution in [0.15, 0.2) is 42.7 Å². The largest absolute Gasteiger partial charge is 0.381 e. The zero-order valence-corrected chi connectivity index (χ0v) is 14.9. The number of pyridine rings is 1. The molecule has 0 spiro atoms. The van der Waals surface area contributed by atoms with Crippen LogP contribution in [-0.2, 0) is 6.42 Å². The molecule has 1 amide bonds. The molecule has 1 fully saturated rings. The summed E-state index contributed by atoms with van der Waals surface area (Å²) in [6.45, 7) is 2.12. The summed E-state index contributed by atoms with van der Waals surface area (Å²) >= 11 is 0. The monoisotopic (exact) mass is 337 g/mol. The van der Waals surface area contributed by atoms with Gasteiger partial charge in [-0.3, -0.25) is 9.78 Å². The molecule has 4 nitrogen and oxygen atoms in total. The van der Waals surface area contributed by atoms with Gasteiger partial charge in [0.1, 0.15) is 0 Å². The Balaban J connectivity index is 1.64. The highest BCUT2D eigenvalue weighted by molar-refractivity contribution is 6.04. The molecule has 132 valence electrons. The minimum Gasteiger partial charge on any atom is -0.381 e. The third-order valence-corrected chi connectivity index (χ3v) is 4.85. The Labute approximate surface area is 150 Å². The van der Waals surface area contributed by atoms with Gasteiger partial charge >= 0.3 is 0 Å². The van der Waals surface area contributed by atoms with Gasteiger partial charge in [-0.1, -0.05) is 44.7 Å². The predicted octanol–water partition coefficient (Wildman–Crippen LogP) is 5.03. The number of hydrogen-bond acceptors (Lipinski definition) is 3. The highest BCUT2D eigenvalue weighted by Gasteiger charge is 2.13. The molecule has 0 unspecified atom stereocenters. The SMILES string of the molecule is CCc1ccc(NC(=O)c2cncc(NC3CCCCCC3)c2)cc1. The molecule has 4 heteroatoms. The molecular formula is C21H27N3O. The molecule has 25 heavy (non-hydrogen) atoms. The lowest BCUT2D eigenvalue weighted by molar-refractivity contribution is 0.102. The zero-order valence-electron chi connectivity index (χ0n) is 14.9. The smallest absolute Gasteiger partial charge is 0.257 e. The van der Waals surface area contributed by atoms with E-state index in [0.717, 1.165) is 17.8 Å². The van der Waals surface area contributed by atoms with E-state index in [-0.39, 0.29) is 5.91 Å². The molecule has 1 aliphatic rings. The van der Waals surface area contributed by atoms with E-state index in [9.17, 15) is 4.79 Å². The second kappa shape index (κ2) is 8.65. The quantitative estimate of drug-likeness (QED) is 0.752. The van der Waals surface area contributed by atoms with E-state index in [1.165, 1.54) is 44.1 Å². The fraction of sp³-hybridized carbons (Fsp3) is 0.429. The molecule has 0 saturated heterocycles. The van der Waals surface area contributed by atoms with Crippen LogP contribution in [0.5, 0.6) is 0 Å². The molecule has 1 saturated carbocycles. The molecule has 1 aromatic carbocycles. The molecule has 0 bridgehead atoms. The summed E-state index contributed by atoms with van der Waals surface area (Å²) in [5.74, 6) is -0.124. The van der Waals surface area contributed by atoms with Gasteiger partial charge in [-0.15, -0.1) is 0 Å². The topological polar surface area (TPSA) is 54.0 Å². The van der Waals surface area contributed by atoms with E-state index in [1.807, 2.05) is 30.3 Å². The van der Waals surface area contributed by atoms with Crippen LogP contribution >= 0.6 is 0 Å². The molecule has 1 aliphatic carbocycles. The molecule has 2 N–H and O–H groups in total. The van der Waals surface area contributed by atoms with Gasteiger partial charge < -0.3 is 10.6 Å². The first-order valence-corrected chi connectivity index (χ1v) is 9.36. The fourth-order valence-electron chi connectivity index (χ4n) is 3.33. The first-order chi connectivity index (χ1) is 12.2. The first-order valence-electron chi connectivity index (χ1n) is 9.36. The molecule has 1 heterocycles. The maximum absolute atomic E-state index is 12.5. The number of aryl methyl sites for hydroxylation is 1. The van der Waals surface area contributed by atoms with Crippen molar-refractivity contribution in [3.63, 3.8) is 0 Å². The van der Waals surface area contributed by atoms with Crippen molar-refractivity contribution in [3.05, 3.63) is 53.9 Å². The summed E-state index contributed by atoms with van der Waals surface area (Å²) < 4.78 is 0. The molecule has 3 rings (SSSR count). The van der Waals surface area contributed by atoms with Crippen molar-refractivity contribution in [2.75, 3.05) is 10.6 Å². The average Bonchev–Trinajstić information content (AvgIpc) is 2.91. The number of nitrogens with one attached hydrogen (secondary N) is 2. The molecule has 1 aromatic heterocycles. The van der Waals surface area contributed by atoms with Crippen molar-refractivity contribution in [1.82, 2.24) is 4.98 Å².